The van der Waals surface area contributed by atoms with E-state index in [1.54, 1.807) is 47.7 Å². The molecule has 1 N–H and O–H groups in total. The smallest absolute Gasteiger partial charge is 0.256 e. The molecule has 6 heteroatoms. The van der Waals surface area contributed by atoms with E-state index >= 15 is 0 Å². The minimum absolute atomic E-state index is 0.178. The Labute approximate surface area is 195 Å². The molecule has 5 rings (SSSR count). The van der Waals surface area contributed by atoms with Gasteiger partial charge in [-0.25, -0.2) is 4.98 Å². The van der Waals surface area contributed by atoms with Crippen LogP contribution in [0.1, 0.15) is 37.5 Å². The fourth-order valence-corrected chi connectivity index (χ4v) is 4.58. The fraction of sp³-hybridized carbons (Fsp3) is 0.0741. The van der Waals surface area contributed by atoms with E-state index in [1.807, 2.05) is 56.4 Å². The highest BCUT2D eigenvalue weighted by atomic mass is 32.1. The number of ketones is 1. The van der Waals surface area contributed by atoms with Crippen LogP contribution in [0.5, 0.6) is 0 Å². The maximum atomic E-state index is 13.1. The molecule has 0 atom stereocenters. The van der Waals surface area contributed by atoms with Crippen LogP contribution in [0.4, 0.5) is 5.69 Å². The summed E-state index contributed by atoms with van der Waals surface area (Å²) in [4.78, 5) is 31.8. The second kappa shape index (κ2) is 8.48. The number of fused-ring (bicyclic) bond motifs is 1. The normalized spacial score (nSPS) is 11.0. The third-order valence-corrected chi connectivity index (χ3v) is 6.49. The number of anilines is 1. The van der Waals surface area contributed by atoms with Gasteiger partial charge in [0.25, 0.3) is 5.91 Å². The quantitative estimate of drug-likeness (QED) is 0.325. The zero-order valence-corrected chi connectivity index (χ0v) is 19.0. The van der Waals surface area contributed by atoms with Crippen molar-refractivity contribution in [1.82, 2.24) is 9.38 Å². The number of nitrogens with one attached hydrogen (secondary N) is 1. The molecule has 162 valence electrons. The molecule has 2 heterocycles. The Hall–Kier alpha value is -4.03. The first-order valence-electron chi connectivity index (χ1n) is 10.5. The summed E-state index contributed by atoms with van der Waals surface area (Å²) >= 11 is 1.59. The molecule has 0 aliphatic carbocycles. The summed E-state index contributed by atoms with van der Waals surface area (Å²) in [6, 6.07) is 21.8. The van der Waals surface area contributed by atoms with E-state index in [-0.39, 0.29) is 11.7 Å². The number of rotatable bonds is 5. The fourth-order valence-electron chi connectivity index (χ4n) is 3.73. The molecule has 0 aliphatic heterocycles. The molecular weight excluding hydrogens is 430 g/mol. The van der Waals surface area contributed by atoms with Gasteiger partial charge >= 0.3 is 0 Å². The van der Waals surface area contributed by atoms with Gasteiger partial charge in [0.2, 0.25) is 0 Å². The molecule has 0 aliphatic rings. The van der Waals surface area contributed by atoms with Crippen LogP contribution >= 0.6 is 11.3 Å². The van der Waals surface area contributed by atoms with Crippen molar-refractivity contribution in [2.45, 2.75) is 13.8 Å². The minimum Gasteiger partial charge on any atom is -0.322 e. The summed E-state index contributed by atoms with van der Waals surface area (Å²) in [5.41, 5.74) is 5.87. The monoisotopic (exact) mass is 451 g/mol. The number of hydrogen-bond donors (Lipinski definition) is 1. The Bertz CT molecular complexity index is 1500. The van der Waals surface area contributed by atoms with Crippen LogP contribution in [-0.4, -0.2) is 21.1 Å². The van der Waals surface area contributed by atoms with Crippen LogP contribution in [0.3, 0.4) is 0 Å². The average molecular weight is 452 g/mol. The van der Waals surface area contributed by atoms with Gasteiger partial charge in [0.05, 0.1) is 11.3 Å². The Morgan fingerprint density at radius 1 is 0.909 bits per heavy atom. The molecule has 0 saturated heterocycles. The lowest BCUT2D eigenvalue weighted by molar-refractivity contribution is 0.0996. The lowest BCUT2D eigenvalue weighted by Gasteiger charge is -2.11. The van der Waals surface area contributed by atoms with Crippen LogP contribution in [0, 0.1) is 13.8 Å². The predicted molar refractivity (Wildman–Crippen MR) is 132 cm³/mol. The number of hydrogen-bond acceptors (Lipinski definition) is 4. The number of thiazole rings is 1. The summed E-state index contributed by atoms with van der Waals surface area (Å²) in [7, 11) is 0. The predicted octanol–water partition coefficient (Wildman–Crippen LogP) is 6.16. The van der Waals surface area contributed by atoms with E-state index < -0.39 is 0 Å². The van der Waals surface area contributed by atoms with Gasteiger partial charge in [-0.2, -0.15) is 0 Å². The maximum Gasteiger partial charge on any atom is 0.256 e. The van der Waals surface area contributed by atoms with Crippen molar-refractivity contribution in [2.75, 3.05) is 5.32 Å². The number of imidazole rings is 1. The summed E-state index contributed by atoms with van der Waals surface area (Å²) in [6.45, 7) is 4.01. The van der Waals surface area contributed by atoms with Crippen molar-refractivity contribution in [2.24, 2.45) is 0 Å². The van der Waals surface area contributed by atoms with Gasteiger partial charge in [-0.1, -0.05) is 60.2 Å². The number of aryl methyl sites for hydroxylation is 2. The first-order valence-corrected chi connectivity index (χ1v) is 11.4. The van der Waals surface area contributed by atoms with Crippen LogP contribution in [0.25, 0.3) is 16.2 Å². The molecular formula is C27H21N3O2S. The standard InChI is InChI=1S/C27H21N3O2S/c1-17-10-12-19(13-11-17)25(31)22-8-3-4-9-23(22)26(32)28-21-7-5-6-20(14-21)24-15-30-18(2)16-33-27(30)29-24/h3-16H,1-2H3,(H,28,32). The van der Waals surface area contributed by atoms with Gasteiger partial charge in [-0.05, 0) is 32.0 Å². The largest absolute Gasteiger partial charge is 0.322 e. The van der Waals surface area contributed by atoms with Crippen molar-refractivity contribution >= 4 is 33.7 Å². The van der Waals surface area contributed by atoms with Crippen molar-refractivity contribution in [3.63, 3.8) is 0 Å². The van der Waals surface area contributed by atoms with Crippen LogP contribution < -0.4 is 5.32 Å². The van der Waals surface area contributed by atoms with Crippen LogP contribution in [0.15, 0.2) is 84.4 Å². The maximum absolute atomic E-state index is 13.1. The number of nitrogens with zero attached hydrogens (tertiary/aromatic N) is 2. The molecule has 1 amide bonds. The van der Waals surface area contributed by atoms with Gasteiger partial charge < -0.3 is 5.32 Å². The molecule has 5 aromatic rings. The molecule has 0 saturated carbocycles. The van der Waals surface area contributed by atoms with E-state index in [4.69, 9.17) is 0 Å². The number of amides is 1. The first kappa shape index (κ1) is 20.8. The highest BCUT2D eigenvalue weighted by Crippen LogP contribution is 2.26. The Kier molecular flexibility index (Phi) is 5.36. The van der Waals surface area contributed by atoms with Gasteiger partial charge in [-0.15, -0.1) is 11.3 Å². The zero-order chi connectivity index (χ0) is 22.9. The van der Waals surface area contributed by atoms with Gasteiger partial charge in [0, 0.05) is 39.6 Å². The number of carbonyl (C=O) groups excluding carboxylic acids is 2. The highest BCUT2D eigenvalue weighted by molar-refractivity contribution is 7.15. The Morgan fingerprint density at radius 2 is 1.67 bits per heavy atom. The van der Waals surface area contributed by atoms with E-state index in [1.165, 1.54) is 0 Å². The number of aromatic nitrogens is 2. The summed E-state index contributed by atoms with van der Waals surface area (Å²) in [5.74, 6) is -0.507. The van der Waals surface area contributed by atoms with Crippen LogP contribution in [-0.2, 0) is 0 Å². The zero-order valence-electron chi connectivity index (χ0n) is 18.2. The molecule has 0 spiro atoms. The van der Waals surface area contributed by atoms with E-state index in [2.05, 4.69) is 20.1 Å². The third kappa shape index (κ3) is 4.08. The highest BCUT2D eigenvalue weighted by Gasteiger charge is 2.18. The molecule has 2 aromatic heterocycles. The van der Waals surface area contributed by atoms with Gasteiger partial charge in [0.1, 0.15) is 0 Å². The Morgan fingerprint density at radius 3 is 2.42 bits per heavy atom. The number of benzene rings is 3. The van der Waals surface area contributed by atoms with E-state index in [0.717, 1.165) is 27.5 Å². The first-order chi connectivity index (χ1) is 16.0. The molecule has 33 heavy (non-hydrogen) atoms. The van der Waals surface area contributed by atoms with E-state index in [0.29, 0.717) is 22.4 Å². The second-order valence-electron chi connectivity index (χ2n) is 7.93. The van der Waals surface area contributed by atoms with Crippen LogP contribution in [0.2, 0.25) is 0 Å². The molecule has 0 radical (unpaired) electrons. The summed E-state index contributed by atoms with van der Waals surface area (Å²) in [6.07, 6.45) is 2.00. The second-order valence-corrected chi connectivity index (χ2v) is 8.77. The van der Waals surface area contributed by atoms with E-state index in [9.17, 15) is 9.59 Å². The number of carbonyl (C=O) groups is 2. The average Bonchev–Trinajstić information content (AvgIpc) is 3.41. The van der Waals surface area contributed by atoms with Gasteiger partial charge in [0.15, 0.2) is 10.7 Å². The molecule has 0 bridgehead atoms. The van der Waals surface area contributed by atoms with Gasteiger partial charge in [-0.3, -0.25) is 14.0 Å². The van der Waals surface area contributed by atoms with Crippen molar-refractivity contribution in [3.8, 4) is 11.3 Å². The molecule has 0 unspecified atom stereocenters. The molecule has 5 nitrogen and oxygen atoms in total. The van der Waals surface area contributed by atoms with Crippen molar-refractivity contribution < 1.29 is 9.59 Å². The van der Waals surface area contributed by atoms with Crippen molar-refractivity contribution in [1.29, 1.82) is 0 Å². The third-order valence-electron chi connectivity index (χ3n) is 5.53. The van der Waals surface area contributed by atoms with Crippen molar-refractivity contribution in [3.05, 3.63) is 112 Å². The lowest BCUT2D eigenvalue weighted by Crippen LogP contribution is -2.17. The molecule has 0 fully saturated rings. The summed E-state index contributed by atoms with van der Waals surface area (Å²) < 4.78 is 2.05. The lowest BCUT2D eigenvalue weighted by atomic mass is 9.97. The SMILES string of the molecule is Cc1ccc(C(=O)c2ccccc2C(=O)Nc2cccc(-c3cn4c(C)csc4n3)c2)cc1. The Balaban J connectivity index is 1.42. The topological polar surface area (TPSA) is 63.5 Å². The molecule has 3 aromatic carbocycles. The minimum atomic E-state index is -0.329. The summed E-state index contributed by atoms with van der Waals surface area (Å²) in [5, 5.41) is 5.01.